The first-order chi connectivity index (χ1) is 36.7. The van der Waals surface area contributed by atoms with Crippen molar-refractivity contribution in [2.24, 2.45) is 0 Å². The van der Waals surface area contributed by atoms with Gasteiger partial charge >= 0.3 is 0 Å². The molecule has 0 bridgehead atoms. The summed E-state index contributed by atoms with van der Waals surface area (Å²) in [6, 6.07) is 86.1. The zero-order valence-electron chi connectivity index (χ0n) is 39.7. The highest BCUT2D eigenvalue weighted by atomic mass is 16.5. The van der Waals surface area contributed by atoms with E-state index in [0.29, 0.717) is 5.95 Å². The zero-order valence-corrected chi connectivity index (χ0v) is 39.7. The normalized spacial score (nSPS) is 12.5. The first-order valence-corrected chi connectivity index (χ1v) is 25.0. The van der Waals surface area contributed by atoms with Crippen molar-refractivity contribution < 1.29 is 9.47 Å². The predicted molar refractivity (Wildman–Crippen MR) is 303 cm³/mol. The van der Waals surface area contributed by atoms with E-state index in [4.69, 9.17) is 19.4 Å². The van der Waals surface area contributed by atoms with Crippen molar-refractivity contribution in [1.82, 2.24) is 14.5 Å². The van der Waals surface area contributed by atoms with Gasteiger partial charge in [-0.05, 0) is 121 Å². The lowest BCUT2D eigenvalue weighted by Crippen LogP contribution is -2.20. The molecule has 0 N–H and O–H groups in total. The quantitative estimate of drug-likeness (QED) is 0.161. The number of hydrogen-bond donors (Lipinski definition) is 0. The molecule has 74 heavy (non-hydrogen) atoms. The van der Waals surface area contributed by atoms with Crippen molar-refractivity contribution in [3.63, 3.8) is 0 Å². The molecule has 0 unspecified atom stereocenters. The van der Waals surface area contributed by atoms with Gasteiger partial charge in [-0.1, -0.05) is 182 Å². The molecule has 6 nitrogen and oxygen atoms in total. The Balaban J connectivity index is 0.881. The van der Waals surface area contributed by atoms with Gasteiger partial charge in [0.15, 0.2) is 23.0 Å². The molecule has 2 aliphatic rings. The van der Waals surface area contributed by atoms with Crippen LogP contribution in [0.15, 0.2) is 243 Å². The zero-order chi connectivity index (χ0) is 48.4. The summed E-state index contributed by atoms with van der Waals surface area (Å²) in [6.07, 6.45) is 0. The fraction of sp³-hybridized carbons (Fsp3) is 0. The first kappa shape index (κ1) is 40.7. The fourth-order valence-corrected chi connectivity index (χ4v) is 11.7. The Labute approximate surface area is 425 Å². The van der Waals surface area contributed by atoms with Crippen LogP contribution >= 0.6 is 0 Å². The molecule has 14 aromatic rings. The number of anilines is 3. The first-order valence-electron chi connectivity index (χ1n) is 25.0. The van der Waals surface area contributed by atoms with E-state index in [0.717, 1.165) is 128 Å². The minimum absolute atomic E-state index is 0.620. The van der Waals surface area contributed by atoms with Gasteiger partial charge in [0.2, 0.25) is 5.95 Å². The molecule has 0 saturated carbocycles. The fourth-order valence-electron chi connectivity index (χ4n) is 11.7. The van der Waals surface area contributed by atoms with Gasteiger partial charge in [0.25, 0.3) is 0 Å². The number of hydrogen-bond acceptors (Lipinski definition) is 5. The lowest BCUT2D eigenvalue weighted by Gasteiger charge is -2.38. The molecule has 2 aliphatic heterocycles. The molecule has 16 rings (SSSR count). The van der Waals surface area contributed by atoms with Crippen molar-refractivity contribution in [2.45, 2.75) is 0 Å². The van der Waals surface area contributed by atoms with Gasteiger partial charge in [-0.3, -0.25) is 9.47 Å². The SMILES string of the molecule is c1ccc(-c2nc(-n3c4ccccc4c4cc(-c5cc6c7c(c5)Oc5cc(-c8cccc9ccccc89)ccc5N7c5ccc(-c7cccc8ccccc78)cc5O6)ccc43)nc3c2ccc2ccccc23)cc1. The van der Waals surface area contributed by atoms with Crippen LogP contribution in [-0.2, 0) is 0 Å². The third-order valence-electron chi connectivity index (χ3n) is 15.1. The maximum Gasteiger partial charge on any atom is 0.235 e. The van der Waals surface area contributed by atoms with E-state index >= 15 is 0 Å². The van der Waals surface area contributed by atoms with Crippen LogP contribution < -0.4 is 14.4 Å². The maximum atomic E-state index is 7.11. The molecule has 12 aromatic carbocycles. The smallest absolute Gasteiger partial charge is 0.235 e. The number of aromatic nitrogens is 3. The summed E-state index contributed by atoms with van der Waals surface area (Å²) < 4.78 is 16.4. The minimum atomic E-state index is 0.620. The predicted octanol–water partition coefficient (Wildman–Crippen LogP) is 18.5. The van der Waals surface area contributed by atoms with Gasteiger partial charge in [-0.25, -0.2) is 9.97 Å². The third-order valence-corrected chi connectivity index (χ3v) is 15.1. The number of para-hydroxylation sites is 1. The van der Waals surface area contributed by atoms with E-state index in [1.807, 2.05) is 6.07 Å². The van der Waals surface area contributed by atoms with Crippen LogP contribution in [0.4, 0.5) is 17.1 Å². The second-order valence-electron chi connectivity index (χ2n) is 19.3. The van der Waals surface area contributed by atoms with Crippen molar-refractivity contribution in [1.29, 1.82) is 0 Å². The van der Waals surface area contributed by atoms with Crippen LogP contribution in [0.3, 0.4) is 0 Å². The van der Waals surface area contributed by atoms with Crippen LogP contribution in [0.2, 0.25) is 0 Å². The Morgan fingerprint density at radius 3 is 1.50 bits per heavy atom. The van der Waals surface area contributed by atoms with E-state index < -0.39 is 0 Å². The van der Waals surface area contributed by atoms with Gasteiger partial charge in [0.1, 0.15) is 5.69 Å². The summed E-state index contributed by atoms with van der Waals surface area (Å²) in [6.45, 7) is 0. The molecule has 0 aliphatic carbocycles. The Bertz CT molecular complexity index is 4530. The molecule has 2 aromatic heterocycles. The summed E-state index contributed by atoms with van der Waals surface area (Å²) in [7, 11) is 0. The summed E-state index contributed by atoms with van der Waals surface area (Å²) in [5.41, 5.74) is 14.1. The largest absolute Gasteiger partial charge is 0.453 e. The number of fused-ring (bicyclic) bond motifs is 12. The molecule has 0 amide bonds. The standard InChI is InChI=1S/C68H40N4O2/c1-2-17-44(18-3-1)65-55-32-28-43-16-6-9-23-53(43)66(55)70-68(69-65)72-57-27-11-10-24-54(57)56-36-45(29-33-58(56)72)48-39-63-67-64(40-48)74-62-38-47(52-26-13-20-42-15-5-8-22-50(42)52)31-35-60(62)71(67)59-34-30-46(37-61(59)73-63)51-25-12-19-41-14-4-7-21-49(41)51/h1-40H. The van der Waals surface area contributed by atoms with Crippen molar-refractivity contribution in [3.05, 3.63) is 243 Å². The van der Waals surface area contributed by atoms with Crippen molar-refractivity contribution in [2.75, 3.05) is 4.90 Å². The van der Waals surface area contributed by atoms with E-state index in [9.17, 15) is 0 Å². The van der Waals surface area contributed by atoms with E-state index in [2.05, 4.69) is 246 Å². The maximum absolute atomic E-state index is 7.11. The lowest BCUT2D eigenvalue weighted by molar-refractivity contribution is 0.446. The van der Waals surface area contributed by atoms with Crippen LogP contribution in [0.25, 0.3) is 116 Å². The topological polar surface area (TPSA) is 52.4 Å². The van der Waals surface area contributed by atoms with Crippen LogP contribution in [0.1, 0.15) is 0 Å². The van der Waals surface area contributed by atoms with E-state index in [1.54, 1.807) is 0 Å². The average Bonchev–Trinajstić information content (AvgIpc) is 3.80. The van der Waals surface area contributed by atoms with Gasteiger partial charge in [0.05, 0.1) is 33.6 Å². The Kier molecular flexibility index (Phi) is 8.64. The lowest BCUT2D eigenvalue weighted by atomic mass is 9.95. The van der Waals surface area contributed by atoms with Crippen LogP contribution in [0, 0.1) is 0 Å². The second-order valence-corrected chi connectivity index (χ2v) is 19.3. The van der Waals surface area contributed by atoms with Crippen LogP contribution in [0.5, 0.6) is 23.0 Å². The van der Waals surface area contributed by atoms with Gasteiger partial charge in [-0.2, -0.15) is 0 Å². The van der Waals surface area contributed by atoms with E-state index in [-0.39, 0.29) is 0 Å². The number of benzene rings is 12. The van der Waals surface area contributed by atoms with Crippen LogP contribution in [-0.4, -0.2) is 14.5 Å². The number of ether oxygens (including phenoxy) is 2. The monoisotopic (exact) mass is 944 g/mol. The summed E-state index contributed by atoms with van der Waals surface area (Å²) >= 11 is 0. The highest BCUT2D eigenvalue weighted by molar-refractivity contribution is 6.13. The molecule has 6 heteroatoms. The molecule has 0 spiro atoms. The summed E-state index contributed by atoms with van der Waals surface area (Å²) in [4.78, 5) is 13.2. The Hall–Kier alpha value is -10.0. The molecule has 0 atom stereocenters. The third kappa shape index (κ3) is 6.12. The van der Waals surface area contributed by atoms with Crippen molar-refractivity contribution >= 4 is 82.1 Å². The Morgan fingerprint density at radius 1 is 0.311 bits per heavy atom. The van der Waals surface area contributed by atoms with Gasteiger partial charge < -0.3 is 9.47 Å². The van der Waals surface area contributed by atoms with Gasteiger partial charge in [0, 0.05) is 27.1 Å². The summed E-state index contributed by atoms with van der Waals surface area (Å²) in [5, 5.41) is 10.2. The highest BCUT2D eigenvalue weighted by Gasteiger charge is 2.36. The second kappa shape index (κ2) is 15.7. The molecule has 344 valence electrons. The highest BCUT2D eigenvalue weighted by Crippen LogP contribution is 2.61. The molecule has 4 heterocycles. The summed E-state index contributed by atoms with van der Waals surface area (Å²) in [5.74, 6) is 3.60. The average molecular weight is 945 g/mol. The molecule has 0 fully saturated rings. The Morgan fingerprint density at radius 2 is 0.838 bits per heavy atom. The molecule has 0 saturated heterocycles. The molecular formula is C68H40N4O2. The number of nitrogens with zero attached hydrogens (tertiary/aromatic N) is 4. The molecular weight excluding hydrogens is 905 g/mol. The number of rotatable bonds is 5. The van der Waals surface area contributed by atoms with Gasteiger partial charge in [-0.15, -0.1) is 0 Å². The molecule has 0 radical (unpaired) electrons. The van der Waals surface area contributed by atoms with Crippen molar-refractivity contribution in [3.8, 4) is 73.6 Å². The van der Waals surface area contributed by atoms with E-state index in [1.165, 1.54) is 21.5 Å². The minimum Gasteiger partial charge on any atom is -0.453 e.